The Morgan fingerprint density at radius 2 is 1.72 bits per heavy atom. The predicted octanol–water partition coefficient (Wildman–Crippen LogP) is 3.29. The summed E-state index contributed by atoms with van der Waals surface area (Å²) in [5, 5.41) is 23.4. The molecule has 0 fully saturated rings. The minimum atomic E-state index is -0.360. The number of aromatic nitrogens is 7. The molecule has 1 amide bonds. The van der Waals surface area contributed by atoms with Crippen LogP contribution in [0.2, 0.25) is 0 Å². The second-order valence-electron chi connectivity index (χ2n) is 6.62. The third-order valence-electron chi connectivity index (χ3n) is 4.41. The molecule has 0 unspecified atom stereocenters. The predicted molar refractivity (Wildman–Crippen MR) is 115 cm³/mol. The van der Waals surface area contributed by atoms with E-state index >= 15 is 0 Å². The van der Waals surface area contributed by atoms with Crippen molar-refractivity contribution in [1.29, 1.82) is 0 Å². The topological polar surface area (TPSA) is 113 Å². The molecule has 0 aliphatic heterocycles. The Bertz CT molecular complexity index is 1310. The molecule has 1 N–H and O–H groups in total. The quantitative estimate of drug-likeness (QED) is 0.445. The fourth-order valence-electron chi connectivity index (χ4n) is 2.87. The van der Waals surface area contributed by atoms with Crippen LogP contribution >= 0.6 is 0 Å². The standard InChI is InChI=1S/C22H16N8O2/c31-22(19-15-24-30(28-19)17-5-2-1-3-6-17)25-16-7-9-18(10-8-16)32-21-12-11-20(26-27-21)29-14-4-13-23-29/h1-15H,(H,25,31). The van der Waals surface area contributed by atoms with Gasteiger partial charge in [0.15, 0.2) is 11.5 Å². The van der Waals surface area contributed by atoms with Gasteiger partial charge in [0.1, 0.15) is 5.75 Å². The lowest BCUT2D eigenvalue weighted by Crippen LogP contribution is -2.13. The molecule has 0 radical (unpaired) electrons. The summed E-state index contributed by atoms with van der Waals surface area (Å²) < 4.78 is 7.31. The second kappa shape index (κ2) is 8.48. The highest BCUT2D eigenvalue weighted by Crippen LogP contribution is 2.21. The summed E-state index contributed by atoms with van der Waals surface area (Å²) in [5.74, 6) is 1.12. The molecule has 3 heterocycles. The van der Waals surface area contributed by atoms with Gasteiger partial charge in [0, 0.05) is 24.1 Å². The molecule has 10 heteroatoms. The molecule has 0 saturated carbocycles. The summed E-state index contributed by atoms with van der Waals surface area (Å²) in [5.41, 5.74) is 1.58. The summed E-state index contributed by atoms with van der Waals surface area (Å²) in [4.78, 5) is 13.9. The molecule has 0 spiro atoms. The largest absolute Gasteiger partial charge is 0.438 e. The van der Waals surface area contributed by atoms with Gasteiger partial charge >= 0.3 is 0 Å². The number of hydrogen-bond donors (Lipinski definition) is 1. The Balaban J connectivity index is 1.21. The molecule has 3 aromatic heterocycles. The number of nitrogens with one attached hydrogen (secondary N) is 1. The lowest BCUT2D eigenvalue weighted by molar-refractivity contribution is 0.102. The van der Waals surface area contributed by atoms with E-state index in [0.29, 0.717) is 23.1 Å². The Hall–Kier alpha value is -4.86. The van der Waals surface area contributed by atoms with Crippen LogP contribution in [0.1, 0.15) is 10.5 Å². The maximum absolute atomic E-state index is 12.5. The van der Waals surface area contributed by atoms with Gasteiger partial charge in [0.2, 0.25) is 5.88 Å². The van der Waals surface area contributed by atoms with E-state index in [0.717, 1.165) is 5.69 Å². The van der Waals surface area contributed by atoms with Crippen molar-refractivity contribution in [2.45, 2.75) is 0 Å². The monoisotopic (exact) mass is 424 g/mol. The minimum absolute atomic E-state index is 0.210. The number of carbonyl (C=O) groups excluding carboxylic acids is 1. The summed E-state index contributed by atoms with van der Waals surface area (Å²) in [6, 6.07) is 21.5. The molecule has 32 heavy (non-hydrogen) atoms. The molecule has 0 saturated heterocycles. The van der Waals surface area contributed by atoms with Crippen LogP contribution in [-0.2, 0) is 0 Å². The van der Waals surface area contributed by atoms with Gasteiger partial charge in [-0.1, -0.05) is 18.2 Å². The normalized spacial score (nSPS) is 10.6. The number of nitrogens with zero attached hydrogens (tertiary/aromatic N) is 7. The van der Waals surface area contributed by atoms with Gasteiger partial charge in [-0.25, -0.2) is 4.68 Å². The molecular formula is C22H16N8O2. The number of anilines is 1. The van der Waals surface area contributed by atoms with Crippen LogP contribution in [0.15, 0.2) is 91.4 Å². The second-order valence-corrected chi connectivity index (χ2v) is 6.62. The highest BCUT2D eigenvalue weighted by Gasteiger charge is 2.12. The Kier molecular flexibility index (Phi) is 5.07. The van der Waals surface area contributed by atoms with E-state index in [4.69, 9.17) is 4.74 Å². The zero-order valence-corrected chi connectivity index (χ0v) is 16.6. The smallest absolute Gasteiger partial charge is 0.277 e. The van der Waals surface area contributed by atoms with E-state index in [1.165, 1.54) is 11.0 Å². The van der Waals surface area contributed by atoms with Gasteiger partial charge < -0.3 is 10.1 Å². The number of rotatable bonds is 6. The first kappa shape index (κ1) is 19.1. The fourth-order valence-corrected chi connectivity index (χ4v) is 2.87. The zero-order chi connectivity index (χ0) is 21.8. The Labute approximate surface area is 182 Å². The van der Waals surface area contributed by atoms with Crippen LogP contribution in [0, 0.1) is 0 Å². The molecule has 2 aromatic carbocycles. The van der Waals surface area contributed by atoms with E-state index in [1.54, 1.807) is 59.5 Å². The minimum Gasteiger partial charge on any atom is -0.438 e. The Morgan fingerprint density at radius 1 is 0.875 bits per heavy atom. The fraction of sp³-hybridized carbons (Fsp3) is 0. The number of amides is 1. The van der Waals surface area contributed by atoms with Crippen molar-refractivity contribution >= 4 is 11.6 Å². The summed E-state index contributed by atoms with van der Waals surface area (Å²) in [6.07, 6.45) is 4.86. The highest BCUT2D eigenvalue weighted by atomic mass is 16.5. The SMILES string of the molecule is O=C(Nc1ccc(Oc2ccc(-n3cccn3)nn2)cc1)c1cnn(-c2ccccc2)n1. The van der Waals surface area contributed by atoms with Crippen LogP contribution in [0.4, 0.5) is 5.69 Å². The van der Waals surface area contributed by atoms with Crippen LogP contribution in [0.5, 0.6) is 11.6 Å². The van der Waals surface area contributed by atoms with Crippen molar-refractivity contribution in [2.75, 3.05) is 5.32 Å². The molecule has 5 rings (SSSR count). The molecule has 0 bridgehead atoms. The van der Waals surface area contributed by atoms with E-state index in [1.807, 2.05) is 30.3 Å². The molecule has 10 nitrogen and oxygen atoms in total. The number of benzene rings is 2. The van der Waals surface area contributed by atoms with Gasteiger partial charge in [0.25, 0.3) is 5.91 Å². The van der Waals surface area contributed by atoms with Crippen molar-refractivity contribution in [3.8, 4) is 23.1 Å². The van der Waals surface area contributed by atoms with Gasteiger partial charge in [-0.15, -0.1) is 15.3 Å². The van der Waals surface area contributed by atoms with Gasteiger partial charge in [-0.2, -0.15) is 15.0 Å². The highest BCUT2D eigenvalue weighted by molar-refractivity contribution is 6.02. The lowest BCUT2D eigenvalue weighted by atomic mass is 10.3. The maximum atomic E-state index is 12.5. The molecule has 5 aromatic rings. The average Bonchev–Trinajstić information content (AvgIpc) is 3.54. The maximum Gasteiger partial charge on any atom is 0.277 e. The van der Waals surface area contributed by atoms with Crippen LogP contribution in [-0.4, -0.2) is 40.9 Å². The van der Waals surface area contributed by atoms with Crippen LogP contribution < -0.4 is 10.1 Å². The molecule has 156 valence electrons. The third-order valence-corrected chi connectivity index (χ3v) is 4.41. The summed E-state index contributed by atoms with van der Waals surface area (Å²) in [6.45, 7) is 0. The van der Waals surface area contributed by atoms with E-state index in [9.17, 15) is 4.79 Å². The number of para-hydroxylation sites is 1. The van der Waals surface area contributed by atoms with Gasteiger partial charge in [-0.05, 0) is 48.5 Å². The molecule has 0 aliphatic rings. The van der Waals surface area contributed by atoms with Crippen molar-refractivity contribution in [3.05, 3.63) is 97.1 Å². The van der Waals surface area contributed by atoms with Crippen LogP contribution in [0.25, 0.3) is 11.5 Å². The first-order valence-electron chi connectivity index (χ1n) is 9.65. The first-order chi connectivity index (χ1) is 15.7. The van der Waals surface area contributed by atoms with Gasteiger partial charge in [0.05, 0.1) is 11.9 Å². The Morgan fingerprint density at radius 3 is 2.44 bits per heavy atom. The summed E-state index contributed by atoms with van der Waals surface area (Å²) in [7, 11) is 0. The number of carbonyl (C=O) groups is 1. The summed E-state index contributed by atoms with van der Waals surface area (Å²) >= 11 is 0. The molecule has 0 atom stereocenters. The van der Waals surface area contributed by atoms with E-state index in [2.05, 4.69) is 30.8 Å². The van der Waals surface area contributed by atoms with Crippen molar-refractivity contribution in [1.82, 2.24) is 35.0 Å². The zero-order valence-electron chi connectivity index (χ0n) is 16.6. The third kappa shape index (κ3) is 4.19. The number of hydrogen-bond acceptors (Lipinski definition) is 7. The first-order valence-corrected chi connectivity index (χ1v) is 9.65. The van der Waals surface area contributed by atoms with E-state index in [-0.39, 0.29) is 11.6 Å². The van der Waals surface area contributed by atoms with Crippen molar-refractivity contribution < 1.29 is 9.53 Å². The molecular weight excluding hydrogens is 408 g/mol. The lowest BCUT2D eigenvalue weighted by Gasteiger charge is -2.07. The number of ether oxygens (including phenoxy) is 1. The van der Waals surface area contributed by atoms with Gasteiger partial charge in [-0.3, -0.25) is 4.79 Å². The van der Waals surface area contributed by atoms with Crippen molar-refractivity contribution in [3.63, 3.8) is 0 Å². The van der Waals surface area contributed by atoms with E-state index < -0.39 is 0 Å². The average molecular weight is 424 g/mol. The molecule has 0 aliphatic carbocycles. The van der Waals surface area contributed by atoms with Crippen molar-refractivity contribution in [2.24, 2.45) is 0 Å². The van der Waals surface area contributed by atoms with Crippen LogP contribution in [0.3, 0.4) is 0 Å².